The Hall–Kier alpha value is -2.80. The van der Waals surface area contributed by atoms with E-state index in [-0.39, 0.29) is 10.6 Å². The molecule has 3 rings (SSSR count). The third-order valence-electron chi connectivity index (χ3n) is 3.55. The molecule has 7 heteroatoms. The molecule has 2 aromatic carbocycles. The van der Waals surface area contributed by atoms with E-state index in [4.69, 9.17) is 9.47 Å². The first-order chi connectivity index (χ1) is 11.6. The van der Waals surface area contributed by atoms with Crippen molar-refractivity contribution in [2.75, 3.05) is 14.2 Å². The Balaban J connectivity index is 2.19. The number of aromatic nitrogens is 2. The largest absolute Gasteiger partial charge is 0.497 e. The molecule has 1 heterocycles. The molecule has 0 bridgehead atoms. The van der Waals surface area contributed by atoms with Crippen molar-refractivity contribution in [3.05, 3.63) is 60.9 Å². The number of nitrogens with zero attached hydrogens (tertiary/aromatic N) is 2. The molecule has 24 heavy (non-hydrogen) atoms. The highest BCUT2D eigenvalue weighted by molar-refractivity contribution is 7.90. The molecule has 0 unspecified atom stereocenters. The molecule has 0 fully saturated rings. The maximum absolute atomic E-state index is 13.1. The predicted molar refractivity (Wildman–Crippen MR) is 89.8 cm³/mol. The van der Waals surface area contributed by atoms with Crippen LogP contribution in [0.4, 0.5) is 0 Å². The van der Waals surface area contributed by atoms with Crippen molar-refractivity contribution in [2.24, 2.45) is 0 Å². The molecule has 0 amide bonds. The van der Waals surface area contributed by atoms with Gasteiger partial charge in [0.25, 0.3) is 10.0 Å². The lowest BCUT2D eigenvalue weighted by Gasteiger charge is -2.13. The average Bonchev–Trinajstić information content (AvgIpc) is 3.12. The number of rotatable bonds is 5. The van der Waals surface area contributed by atoms with Crippen LogP contribution < -0.4 is 9.47 Å². The lowest BCUT2D eigenvalue weighted by Crippen LogP contribution is -2.14. The predicted octanol–water partition coefficient (Wildman–Crippen LogP) is 2.80. The normalized spacial score (nSPS) is 11.2. The average molecular weight is 344 g/mol. The number of methoxy groups -OCH3 is 2. The Bertz CT molecular complexity index is 950. The van der Waals surface area contributed by atoms with Crippen molar-refractivity contribution in [2.45, 2.75) is 4.90 Å². The molecule has 6 nitrogen and oxygen atoms in total. The van der Waals surface area contributed by atoms with Gasteiger partial charge in [-0.3, -0.25) is 0 Å². The first-order valence-corrected chi connectivity index (χ1v) is 8.58. The molecule has 124 valence electrons. The zero-order valence-corrected chi connectivity index (χ0v) is 14.0. The number of benzene rings is 2. The number of ether oxygens (including phenoxy) is 2. The third kappa shape index (κ3) is 2.74. The van der Waals surface area contributed by atoms with E-state index in [9.17, 15) is 8.42 Å². The maximum Gasteiger partial charge on any atom is 0.273 e. The van der Waals surface area contributed by atoms with Crippen LogP contribution in [0.25, 0.3) is 11.4 Å². The van der Waals surface area contributed by atoms with Gasteiger partial charge >= 0.3 is 0 Å². The van der Waals surface area contributed by atoms with Gasteiger partial charge in [0.1, 0.15) is 16.4 Å². The van der Waals surface area contributed by atoms with Crippen LogP contribution in [0, 0.1) is 0 Å². The second-order valence-electron chi connectivity index (χ2n) is 4.93. The highest BCUT2D eigenvalue weighted by Gasteiger charge is 2.25. The fourth-order valence-corrected chi connectivity index (χ4v) is 3.84. The fourth-order valence-electron chi connectivity index (χ4n) is 2.37. The van der Waals surface area contributed by atoms with Crippen molar-refractivity contribution in [1.82, 2.24) is 8.96 Å². The number of hydrogen-bond donors (Lipinski definition) is 0. The van der Waals surface area contributed by atoms with Crippen LogP contribution in [0.15, 0.2) is 65.8 Å². The summed E-state index contributed by atoms with van der Waals surface area (Å²) in [6.45, 7) is 0. The van der Waals surface area contributed by atoms with Gasteiger partial charge in [-0.1, -0.05) is 30.3 Å². The van der Waals surface area contributed by atoms with Crippen LogP contribution in [0.5, 0.6) is 11.5 Å². The first kappa shape index (κ1) is 16.1. The molecule has 0 aliphatic rings. The van der Waals surface area contributed by atoms with Crippen LogP contribution in [0.1, 0.15) is 0 Å². The summed E-state index contributed by atoms with van der Waals surface area (Å²) in [6, 6.07) is 13.8. The zero-order chi connectivity index (χ0) is 17.2. The summed E-state index contributed by atoms with van der Waals surface area (Å²) in [4.78, 5) is 4.20. The Kier molecular flexibility index (Phi) is 4.26. The van der Waals surface area contributed by atoms with Crippen LogP contribution in [-0.2, 0) is 10.0 Å². The molecule has 0 atom stereocenters. The van der Waals surface area contributed by atoms with E-state index >= 15 is 0 Å². The smallest absolute Gasteiger partial charge is 0.273 e. The summed E-state index contributed by atoms with van der Waals surface area (Å²) in [5, 5.41) is 0. The van der Waals surface area contributed by atoms with Crippen LogP contribution in [0.3, 0.4) is 0 Å². The van der Waals surface area contributed by atoms with Crippen LogP contribution in [-0.4, -0.2) is 31.6 Å². The Labute approximate surface area is 140 Å². The summed E-state index contributed by atoms with van der Waals surface area (Å²) < 4.78 is 37.7. The first-order valence-electron chi connectivity index (χ1n) is 7.14. The minimum absolute atomic E-state index is 0.0135. The van der Waals surface area contributed by atoms with Crippen molar-refractivity contribution in [3.63, 3.8) is 0 Å². The lowest BCUT2D eigenvalue weighted by molar-refractivity contribution is 0.392. The van der Waals surface area contributed by atoms with Gasteiger partial charge in [-0.05, 0) is 12.1 Å². The molecular weight excluding hydrogens is 328 g/mol. The summed E-state index contributed by atoms with van der Waals surface area (Å²) >= 11 is 0. The minimum atomic E-state index is -3.90. The quantitative estimate of drug-likeness (QED) is 0.712. The van der Waals surface area contributed by atoms with E-state index in [0.29, 0.717) is 17.1 Å². The molecular formula is C17H16N2O4S. The monoisotopic (exact) mass is 344 g/mol. The van der Waals surface area contributed by atoms with E-state index < -0.39 is 10.0 Å². The topological polar surface area (TPSA) is 70.4 Å². The Morgan fingerprint density at radius 1 is 1.00 bits per heavy atom. The highest BCUT2D eigenvalue weighted by atomic mass is 32.2. The summed E-state index contributed by atoms with van der Waals surface area (Å²) in [6.07, 6.45) is 2.86. The van der Waals surface area contributed by atoms with E-state index in [2.05, 4.69) is 4.98 Å². The van der Waals surface area contributed by atoms with Gasteiger partial charge in [0, 0.05) is 24.0 Å². The highest BCUT2D eigenvalue weighted by Crippen LogP contribution is 2.31. The van der Waals surface area contributed by atoms with Gasteiger partial charge in [-0.25, -0.2) is 17.4 Å². The summed E-state index contributed by atoms with van der Waals surface area (Å²) in [7, 11) is -1.00. The van der Waals surface area contributed by atoms with Gasteiger partial charge in [0.15, 0.2) is 5.82 Å². The minimum Gasteiger partial charge on any atom is -0.497 e. The van der Waals surface area contributed by atoms with Crippen molar-refractivity contribution >= 4 is 10.0 Å². The Morgan fingerprint density at radius 2 is 1.75 bits per heavy atom. The SMILES string of the molecule is COc1ccc(OC)c(S(=O)(=O)n2ccnc2-c2ccccc2)c1. The van der Waals surface area contributed by atoms with E-state index in [1.54, 1.807) is 24.3 Å². The number of imidazole rings is 1. The molecule has 0 aliphatic carbocycles. The molecule has 0 saturated heterocycles. The zero-order valence-electron chi connectivity index (χ0n) is 13.2. The third-order valence-corrected chi connectivity index (χ3v) is 5.23. The molecule has 0 spiro atoms. The number of hydrogen-bond acceptors (Lipinski definition) is 5. The van der Waals surface area contributed by atoms with Crippen LogP contribution in [0.2, 0.25) is 0 Å². The van der Waals surface area contributed by atoms with Crippen molar-refractivity contribution in [1.29, 1.82) is 0 Å². The van der Waals surface area contributed by atoms with E-state index in [0.717, 1.165) is 3.97 Å². The molecule has 0 aliphatic heterocycles. The summed E-state index contributed by atoms with van der Waals surface area (Å²) in [5.41, 5.74) is 0.702. The standard InChI is InChI=1S/C17H16N2O4S/c1-22-14-8-9-15(23-2)16(12-14)24(20,21)19-11-10-18-17(19)13-6-4-3-5-7-13/h3-12H,1-2H3. The van der Waals surface area contributed by atoms with Crippen molar-refractivity contribution < 1.29 is 17.9 Å². The van der Waals surface area contributed by atoms with Crippen LogP contribution >= 0.6 is 0 Å². The molecule has 0 radical (unpaired) electrons. The van der Waals surface area contributed by atoms with E-state index in [1.165, 1.54) is 32.7 Å². The van der Waals surface area contributed by atoms with Gasteiger partial charge < -0.3 is 9.47 Å². The van der Waals surface area contributed by atoms with Gasteiger partial charge in [-0.15, -0.1) is 0 Å². The summed E-state index contributed by atoms with van der Waals surface area (Å²) in [5.74, 6) is 1.000. The van der Waals surface area contributed by atoms with E-state index in [1.807, 2.05) is 18.2 Å². The second kappa shape index (κ2) is 6.37. The molecule has 0 saturated carbocycles. The van der Waals surface area contributed by atoms with Gasteiger partial charge in [0.2, 0.25) is 0 Å². The Morgan fingerprint density at radius 3 is 2.42 bits per heavy atom. The van der Waals surface area contributed by atoms with Gasteiger partial charge in [0.05, 0.1) is 14.2 Å². The molecule has 1 aromatic heterocycles. The molecule has 0 N–H and O–H groups in total. The molecule has 3 aromatic rings. The van der Waals surface area contributed by atoms with Crippen molar-refractivity contribution in [3.8, 4) is 22.9 Å². The fraction of sp³-hybridized carbons (Fsp3) is 0.118. The lowest BCUT2D eigenvalue weighted by atomic mass is 10.2. The second-order valence-corrected chi connectivity index (χ2v) is 6.72. The van der Waals surface area contributed by atoms with Gasteiger partial charge in [-0.2, -0.15) is 0 Å². The maximum atomic E-state index is 13.1.